The average molecular weight is 549 g/mol. The van der Waals surface area contributed by atoms with Crippen LogP contribution in [0.1, 0.15) is 77.9 Å². The van der Waals surface area contributed by atoms with E-state index in [2.05, 4.69) is 63.4 Å². The number of aromatic amines is 1. The van der Waals surface area contributed by atoms with Gasteiger partial charge in [0.15, 0.2) is 0 Å². The minimum atomic E-state index is -0.972. The maximum Gasteiger partial charge on any atom is 0.336 e. The minimum absolute atomic E-state index is 0.0308. The van der Waals surface area contributed by atoms with Gasteiger partial charge in [-0.1, -0.05) is 80.1 Å². The molecule has 0 radical (unpaired) electrons. The Morgan fingerprint density at radius 2 is 1.71 bits per heavy atom. The van der Waals surface area contributed by atoms with Gasteiger partial charge in [0.2, 0.25) is 5.82 Å². The first-order valence-corrected chi connectivity index (χ1v) is 14.1. The lowest BCUT2D eigenvalue weighted by atomic mass is 9.94. The maximum atomic E-state index is 14.2. The molecule has 2 aromatic heterocycles. The van der Waals surface area contributed by atoms with E-state index in [1.54, 1.807) is 12.1 Å². The summed E-state index contributed by atoms with van der Waals surface area (Å²) in [4.78, 5) is 26.2. The van der Waals surface area contributed by atoms with Crippen LogP contribution in [0.15, 0.2) is 77.6 Å². The molecule has 2 N–H and O–H groups in total. The van der Waals surface area contributed by atoms with Gasteiger partial charge in [-0.2, -0.15) is 5.21 Å². The van der Waals surface area contributed by atoms with Gasteiger partial charge in [0, 0.05) is 29.3 Å². The third kappa shape index (κ3) is 4.77. The molecule has 0 spiro atoms. The van der Waals surface area contributed by atoms with Crippen LogP contribution >= 0.6 is 0 Å². The number of nitrogens with zero attached hydrogens (tertiary/aromatic N) is 5. The van der Waals surface area contributed by atoms with Gasteiger partial charge in [-0.25, -0.2) is 9.48 Å². The van der Waals surface area contributed by atoms with Crippen LogP contribution < -0.4 is 5.56 Å². The van der Waals surface area contributed by atoms with E-state index >= 15 is 0 Å². The summed E-state index contributed by atoms with van der Waals surface area (Å²) in [5.74, 6) is -0.435. The van der Waals surface area contributed by atoms with E-state index in [-0.39, 0.29) is 23.2 Å². The zero-order valence-corrected chi connectivity index (χ0v) is 23.1. The Bertz CT molecular complexity index is 1750. The van der Waals surface area contributed by atoms with Crippen LogP contribution in [0.3, 0.4) is 0 Å². The first kappa shape index (κ1) is 26.4. The summed E-state index contributed by atoms with van der Waals surface area (Å²) in [7, 11) is 0. The van der Waals surface area contributed by atoms with Gasteiger partial charge in [-0.3, -0.25) is 9.48 Å². The topological polar surface area (TPSA) is 119 Å². The molecule has 0 amide bonds. The molecule has 0 saturated carbocycles. The SMILES string of the molecule is CCCc1c(Cc2ccc(-c3ccccc3-c3nn[nH]n3)cc2)c(=O)n2n1C(C)CCC2c1ccccc1C(=O)O. The van der Waals surface area contributed by atoms with Gasteiger partial charge in [0.1, 0.15) is 0 Å². The number of benzene rings is 3. The normalized spacial score (nSPS) is 16.4. The van der Waals surface area contributed by atoms with Crippen molar-refractivity contribution in [3.63, 3.8) is 0 Å². The van der Waals surface area contributed by atoms with E-state index in [1.807, 2.05) is 41.1 Å². The summed E-state index contributed by atoms with van der Waals surface area (Å²) in [6, 6.07) is 23.1. The molecule has 3 aromatic carbocycles. The number of carboxylic acid groups (broad SMARTS) is 1. The number of fused-ring (bicyclic) bond motifs is 1. The van der Waals surface area contributed by atoms with Crippen molar-refractivity contribution >= 4 is 5.97 Å². The van der Waals surface area contributed by atoms with Crippen LogP contribution in [0, 0.1) is 0 Å². The molecule has 3 heterocycles. The van der Waals surface area contributed by atoms with Crippen LogP contribution in [0.25, 0.3) is 22.5 Å². The Balaban J connectivity index is 1.39. The van der Waals surface area contributed by atoms with E-state index < -0.39 is 5.97 Å². The monoisotopic (exact) mass is 548 g/mol. The quantitative estimate of drug-likeness (QED) is 0.257. The Morgan fingerprint density at radius 1 is 0.976 bits per heavy atom. The fourth-order valence-corrected chi connectivity index (χ4v) is 6.20. The van der Waals surface area contributed by atoms with E-state index in [4.69, 9.17) is 0 Å². The molecule has 0 fully saturated rings. The number of aromatic carboxylic acids is 1. The highest BCUT2D eigenvalue weighted by molar-refractivity contribution is 5.89. The lowest BCUT2D eigenvalue weighted by Crippen LogP contribution is -2.35. The molecule has 5 aromatic rings. The van der Waals surface area contributed by atoms with E-state index in [9.17, 15) is 14.7 Å². The molecule has 2 atom stereocenters. The van der Waals surface area contributed by atoms with Gasteiger partial charge in [-0.05, 0) is 59.7 Å². The highest BCUT2D eigenvalue weighted by atomic mass is 16.4. The van der Waals surface area contributed by atoms with E-state index in [1.165, 1.54) is 0 Å². The molecule has 1 aliphatic heterocycles. The van der Waals surface area contributed by atoms with Crippen molar-refractivity contribution in [1.82, 2.24) is 30.0 Å². The van der Waals surface area contributed by atoms with Crippen molar-refractivity contribution in [1.29, 1.82) is 0 Å². The van der Waals surface area contributed by atoms with Crippen LogP contribution in [-0.2, 0) is 12.8 Å². The predicted molar refractivity (Wildman–Crippen MR) is 156 cm³/mol. The Kier molecular flexibility index (Phi) is 7.09. The van der Waals surface area contributed by atoms with Crippen molar-refractivity contribution in [3.05, 3.63) is 111 Å². The summed E-state index contributed by atoms with van der Waals surface area (Å²) >= 11 is 0. The second-order valence-corrected chi connectivity index (χ2v) is 10.7. The summed E-state index contributed by atoms with van der Waals surface area (Å²) in [5.41, 5.74) is 6.70. The number of tetrazole rings is 1. The number of rotatable bonds is 8. The predicted octanol–water partition coefficient (Wildman–Crippen LogP) is 5.68. The van der Waals surface area contributed by atoms with Gasteiger partial charge >= 0.3 is 5.97 Å². The lowest BCUT2D eigenvalue weighted by Gasteiger charge is -2.33. The molecule has 0 aliphatic carbocycles. The van der Waals surface area contributed by atoms with Gasteiger partial charge in [0.05, 0.1) is 11.6 Å². The van der Waals surface area contributed by atoms with E-state index in [0.29, 0.717) is 17.8 Å². The van der Waals surface area contributed by atoms with Crippen molar-refractivity contribution in [2.45, 2.75) is 58.0 Å². The summed E-state index contributed by atoms with van der Waals surface area (Å²) in [6.45, 7) is 4.27. The second-order valence-electron chi connectivity index (χ2n) is 10.7. The first-order chi connectivity index (χ1) is 20.0. The molecule has 41 heavy (non-hydrogen) atoms. The molecule has 6 rings (SSSR count). The number of H-pyrrole nitrogens is 1. The summed E-state index contributed by atoms with van der Waals surface area (Å²) < 4.78 is 4.00. The lowest BCUT2D eigenvalue weighted by molar-refractivity contribution is 0.0694. The smallest absolute Gasteiger partial charge is 0.336 e. The Hall–Kier alpha value is -4.79. The molecule has 0 bridgehead atoms. The third-order valence-electron chi connectivity index (χ3n) is 8.09. The zero-order valence-electron chi connectivity index (χ0n) is 23.1. The molecule has 2 unspecified atom stereocenters. The van der Waals surface area contributed by atoms with Crippen LogP contribution in [0.5, 0.6) is 0 Å². The third-order valence-corrected chi connectivity index (χ3v) is 8.09. The molecule has 0 saturated heterocycles. The first-order valence-electron chi connectivity index (χ1n) is 14.1. The van der Waals surface area contributed by atoms with Crippen molar-refractivity contribution in [2.75, 3.05) is 0 Å². The molecular weight excluding hydrogens is 516 g/mol. The number of carbonyl (C=O) groups is 1. The fraction of sp³-hybridized carbons (Fsp3) is 0.281. The van der Waals surface area contributed by atoms with Crippen LogP contribution in [0.2, 0.25) is 0 Å². The van der Waals surface area contributed by atoms with Crippen LogP contribution in [-0.4, -0.2) is 41.1 Å². The van der Waals surface area contributed by atoms with Crippen LogP contribution in [0.4, 0.5) is 0 Å². The maximum absolute atomic E-state index is 14.2. The van der Waals surface area contributed by atoms with Gasteiger partial charge < -0.3 is 5.11 Å². The second kappa shape index (κ2) is 11.0. The number of nitrogens with one attached hydrogen (secondary N) is 1. The van der Waals surface area contributed by atoms with Gasteiger partial charge in [-0.15, -0.1) is 10.2 Å². The zero-order chi connectivity index (χ0) is 28.5. The Morgan fingerprint density at radius 3 is 2.41 bits per heavy atom. The molecule has 9 nitrogen and oxygen atoms in total. The van der Waals surface area contributed by atoms with Crippen molar-refractivity contribution in [2.24, 2.45) is 0 Å². The average Bonchev–Trinajstić information content (AvgIpc) is 3.62. The van der Waals surface area contributed by atoms with E-state index in [0.717, 1.165) is 59.2 Å². The number of aromatic nitrogens is 6. The minimum Gasteiger partial charge on any atom is -0.478 e. The number of hydrogen-bond donors (Lipinski definition) is 2. The molecule has 208 valence electrons. The molecular formula is C32H32N6O3. The van der Waals surface area contributed by atoms with Crippen molar-refractivity contribution < 1.29 is 9.90 Å². The molecule has 1 aliphatic rings. The largest absolute Gasteiger partial charge is 0.478 e. The van der Waals surface area contributed by atoms with Crippen molar-refractivity contribution in [3.8, 4) is 22.5 Å². The molecule has 9 heteroatoms. The fourth-order valence-electron chi connectivity index (χ4n) is 6.20. The summed E-state index contributed by atoms with van der Waals surface area (Å²) in [5, 5.41) is 24.4. The standard InChI is InChI=1S/C32H32N6O3/c1-3-8-28-27(19-21-14-16-22(17-15-21)23-9-4-6-11-25(23)30-33-35-36-34-30)31(39)38-29(18-13-20(2)37(28)38)24-10-5-7-12-26(24)32(40)41/h4-7,9-12,14-17,20,29H,3,8,13,18-19H2,1-2H3,(H,40,41)(H,33,34,35,36). The Labute approximate surface area is 237 Å². The number of carboxylic acids is 1. The highest BCUT2D eigenvalue weighted by Gasteiger charge is 2.33. The number of hydrogen-bond acceptors (Lipinski definition) is 5. The summed E-state index contributed by atoms with van der Waals surface area (Å²) in [6.07, 6.45) is 3.79. The highest BCUT2D eigenvalue weighted by Crippen LogP contribution is 2.36. The van der Waals surface area contributed by atoms with Gasteiger partial charge in [0.25, 0.3) is 5.56 Å².